The van der Waals surface area contributed by atoms with E-state index in [0.29, 0.717) is 0 Å². The molecule has 1 nitrogen and oxygen atoms in total. The molecule has 2 rings (SSSR count). The highest BCUT2D eigenvalue weighted by molar-refractivity contribution is 7.12. The molecule has 1 atom stereocenters. The van der Waals surface area contributed by atoms with Gasteiger partial charge in [0, 0.05) is 21.9 Å². The highest BCUT2D eigenvalue weighted by Crippen LogP contribution is 2.32. The van der Waals surface area contributed by atoms with Crippen LogP contribution in [-0.2, 0) is 0 Å². The highest BCUT2D eigenvalue weighted by atomic mass is 35.5. The first-order valence-corrected chi connectivity index (χ1v) is 7.06. The number of rotatable bonds is 3. The van der Waals surface area contributed by atoms with Crippen LogP contribution in [0.25, 0.3) is 0 Å². The number of benzene rings is 1. The molecule has 102 valence electrons. The van der Waals surface area contributed by atoms with Gasteiger partial charge in [0.25, 0.3) is 0 Å². The summed E-state index contributed by atoms with van der Waals surface area (Å²) in [7, 11) is 0. The van der Waals surface area contributed by atoms with Crippen LogP contribution in [0.4, 0.5) is 14.5 Å². The second kappa shape index (κ2) is 5.47. The van der Waals surface area contributed by atoms with Crippen LogP contribution in [0.1, 0.15) is 28.3 Å². The number of aryl methyl sites for hydroxylation is 2. The van der Waals surface area contributed by atoms with Crippen molar-refractivity contribution in [3.63, 3.8) is 0 Å². The summed E-state index contributed by atoms with van der Waals surface area (Å²) in [6, 6.07) is 3.90. The van der Waals surface area contributed by atoms with E-state index in [0.717, 1.165) is 17.7 Å². The molecule has 0 aliphatic heterocycles. The van der Waals surface area contributed by atoms with Crippen LogP contribution in [0, 0.1) is 25.5 Å². The van der Waals surface area contributed by atoms with Gasteiger partial charge in [0.15, 0.2) is 5.82 Å². The van der Waals surface area contributed by atoms with E-state index in [9.17, 15) is 8.78 Å². The van der Waals surface area contributed by atoms with Gasteiger partial charge in [0.1, 0.15) is 5.82 Å². The van der Waals surface area contributed by atoms with Crippen LogP contribution < -0.4 is 5.32 Å². The maximum Gasteiger partial charge on any atom is 0.150 e. The van der Waals surface area contributed by atoms with Crippen LogP contribution in [0.3, 0.4) is 0 Å². The number of thiophene rings is 1. The van der Waals surface area contributed by atoms with E-state index >= 15 is 0 Å². The molecule has 0 amide bonds. The Morgan fingerprint density at radius 2 is 1.89 bits per heavy atom. The Bertz CT molecular complexity index is 586. The van der Waals surface area contributed by atoms with Gasteiger partial charge in [-0.3, -0.25) is 0 Å². The Morgan fingerprint density at radius 3 is 2.42 bits per heavy atom. The predicted molar refractivity (Wildman–Crippen MR) is 77.2 cm³/mol. The van der Waals surface area contributed by atoms with Crippen molar-refractivity contribution in [3.05, 3.63) is 50.2 Å². The summed E-state index contributed by atoms with van der Waals surface area (Å²) in [5.74, 6) is -1.36. The number of hydrogen-bond donors (Lipinski definition) is 1. The van der Waals surface area contributed by atoms with E-state index in [4.69, 9.17) is 11.6 Å². The largest absolute Gasteiger partial charge is 0.375 e. The fourth-order valence-electron chi connectivity index (χ4n) is 2.05. The van der Waals surface area contributed by atoms with Crippen LogP contribution in [0.2, 0.25) is 5.02 Å². The molecule has 0 bridgehead atoms. The smallest absolute Gasteiger partial charge is 0.150 e. The molecule has 1 aromatic heterocycles. The lowest BCUT2D eigenvalue weighted by atomic mass is 10.1. The summed E-state index contributed by atoms with van der Waals surface area (Å²) >= 11 is 7.56. The number of anilines is 1. The molecule has 2 aromatic rings. The van der Waals surface area contributed by atoms with Crippen LogP contribution >= 0.6 is 22.9 Å². The molecular weight excluding hydrogens is 288 g/mol. The van der Waals surface area contributed by atoms with E-state index in [1.54, 1.807) is 11.3 Å². The fourth-order valence-corrected chi connectivity index (χ4v) is 3.33. The zero-order valence-electron chi connectivity index (χ0n) is 10.9. The van der Waals surface area contributed by atoms with Crippen LogP contribution in [0.15, 0.2) is 18.2 Å². The molecule has 5 heteroatoms. The lowest BCUT2D eigenvalue weighted by Gasteiger charge is -2.17. The molecule has 1 N–H and O–H groups in total. The minimum absolute atomic E-state index is 0.0500. The van der Waals surface area contributed by atoms with Crippen LogP contribution in [-0.4, -0.2) is 0 Å². The summed E-state index contributed by atoms with van der Waals surface area (Å²) in [6.07, 6.45) is 0. The summed E-state index contributed by atoms with van der Waals surface area (Å²) in [5.41, 5.74) is 1.24. The Balaban J connectivity index is 2.29. The monoisotopic (exact) mass is 301 g/mol. The topological polar surface area (TPSA) is 12.0 Å². The minimum atomic E-state index is -0.679. The molecule has 1 heterocycles. The minimum Gasteiger partial charge on any atom is -0.375 e. The Hall–Kier alpha value is -1.13. The zero-order chi connectivity index (χ0) is 14.2. The van der Waals surface area contributed by atoms with Gasteiger partial charge in [-0.1, -0.05) is 11.6 Å². The van der Waals surface area contributed by atoms with Gasteiger partial charge in [0.05, 0.1) is 10.7 Å². The maximum atomic E-state index is 13.7. The molecule has 0 fully saturated rings. The fraction of sp³-hybridized carbons (Fsp3) is 0.286. The summed E-state index contributed by atoms with van der Waals surface area (Å²) in [4.78, 5) is 2.38. The third kappa shape index (κ3) is 3.07. The molecule has 0 aliphatic rings. The van der Waals surface area contributed by atoms with Crippen molar-refractivity contribution in [1.82, 2.24) is 0 Å². The number of hydrogen-bond acceptors (Lipinski definition) is 2. The summed E-state index contributed by atoms with van der Waals surface area (Å²) in [6.45, 7) is 5.97. The van der Waals surface area contributed by atoms with Crippen molar-refractivity contribution in [1.29, 1.82) is 0 Å². The average molecular weight is 302 g/mol. The average Bonchev–Trinajstić information content (AvgIpc) is 2.62. The zero-order valence-corrected chi connectivity index (χ0v) is 12.4. The molecule has 0 saturated carbocycles. The van der Waals surface area contributed by atoms with Gasteiger partial charge < -0.3 is 5.32 Å². The SMILES string of the molecule is Cc1cc(C(C)Nc2c(F)cc(F)cc2Cl)c(C)s1. The van der Waals surface area contributed by atoms with Crippen molar-refractivity contribution in [3.8, 4) is 0 Å². The molecule has 0 saturated heterocycles. The first-order valence-electron chi connectivity index (χ1n) is 5.86. The normalized spacial score (nSPS) is 12.5. The first kappa shape index (κ1) is 14.3. The summed E-state index contributed by atoms with van der Waals surface area (Å²) in [5, 5.41) is 3.06. The van der Waals surface area contributed by atoms with E-state index in [-0.39, 0.29) is 16.8 Å². The molecule has 1 aromatic carbocycles. The Morgan fingerprint density at radius 1 is 1.21 bits per heavy atom. The molecule has 0 aliphatic carbocycles. The van der Waals surface area contributed by atoms with E-state index in [1.165, 1.54) is 9.75 Å². The second-order valence-electron chi connectivity index (χ2n) is 4.48. The first-order chi connectivity index (χ1) is 8.88. The van der Waals surface area contributed by atoms with Crippen molar-refractivity contribution in [2.45, 2.75) is 26.8 Å². The van der Waals surface area contributed by atoms with Gasteiger partial charge in [0.2, 0.25) is 0 Å². The molecule has 0 spiro atoms. The second-order valence-corrected chi connectivity index (χ2v) is 6.35. The third-order valence-electron chi connectivity index (χ3n) is 2.91. The van der Waals surface area contributed by atoms with E-state index in [1.807, 2.05) is 20.8 Å². The Kier molecular flexibility index (Phi) is 4.11. The van der Waals surface area contributed by atoms with Gasteiger partial charge in [-0.15, -0.1) is 11.3 Å². The molecular formula is C14H14ClF2NS. The molecule has 0 radical (unpaired) electrons. The van der Waals surface area contributed by atoms with Crippen molar-refractivity contribution in [2.75, 3.05) is 5.32 Å². The van der Waals surface area contributed by atoms with Gasteiger partial charge >= 0.3 is 0 Å². The number of nitrogens with one attached hydrogen (secondary N) is 1. The maximum absolute atomic E-state index is 13.7. The lowest BCUT2D eigenvalue weighted by Crippen LogP contribution is -2.09. The molecule has 19 heavy (non-hydrogen) atoms. The van der Waals surface area contributed by atoms with Crippen LogP contribution in [0.5, 0.6) is 0 Å². The van der Waals surface area contributed by atoms with E-state index in [2.05, 4.69) is 11.4 Å². The van der Waals surface area contributed by atoms with Gasteiger partial charge in [-0.25, -0.2) is 8.78 Å². The number of halogens is 3. The quantitative estimate of drug-likeness (QED) is 0.792. The Labute approximate surface area is 120 Å². The highest BCUT2D eigenvalue weighted by Gasteiger charge is 2.16. The van der Waals surface area contributed by atoms with Crippen molar-refractivity contribution in [2.24, 2.45) is 0 Å². The third-order valence-corrected chi connectivity index (χ3v) is 4.19. The van der Waals surface area contributed by atoms with Crippen molar-refractivity contribution < 1.29 is 8.78 Å². The molecule has 1 unspecified atom stereocenters. The van der Waals surface area contributed by atoms with Crippen molar-refractivity contribution >= 4 is 28.6 Å². The lowest BCUT2D eigenvalue weighted by molar-refractivity contribution is 0.584. The van der Waals surface area contributed by atoms with Gasteiger partial charge in [-0.05, 0) is 38.5 Å². The van der Waals surface area contributed by atoms with Gasteiger partial charge in [-0.2, -0.15) is 0 Å². The predicted octanol–water partition coefficient (Wildman–Crippen LogP) is 5.47. The van der Waals surface area contributed by atoms with E-state index < -0.39 is 11.6 Å². The standard InChI is InChI=1S/C14H14ClF2NS/c1-7-4-11(9(3)19-7)8(2)18-14-12(15)5-10(16)6-13(14)17/h4-6,8,18H,1-3H3. The summed E-state index contributed by atoms with van der Waals surface area (Å²) < 4.78 is 26.7.